The lowest BCUT2D eigenvalue weighted by molar-refractivity contribution is -0.175. The van der Waals surface area contributed by atoms with E-state index in [1.54, 1.807) is 26.0 Å². The Balaban J connectivity index is 1.40. The lowest BCUT2D eigenvalue weighted by Crippen LogP contribution is -2.59. The molecule has 0 spiro atoms. The summed E-state index contributed by atoms with van der Waals surface area (Å²) >= 11 is 0. The summed E-state index contributed by atoms with van der Waals surface area (Å²) in [7, 11) is -4.58. The zero-order chi connectivity index (χ0) is 56.9. The molecular weight excluding hydrogens is 990 g/mol. The van der Waals surface area contributed by atoms with Gasteiger partial charge in [-0.3, -0.25) is 24.0 Å². The van der Waals surface area contributed by atoms with Crippen LogP contribution in [0.5, 0.6) is 11.5 Å². The SMILES string of the molecule is CC(C)C(NC(=O)[C@@H]1C[C@@H]2CCCC[C@@H]2N1C(=O)[C@@H](NC(=O)c1ccc(S(=O)(=O)NC(=O)c2cc(C(C)(C)C)c(OC(=O)c3cc(C(C)(C)C)c(O)c(C(C)(C)C)c3)c(C(C)(C)C)c2)cc1)C(C)C)C(=O)C(F)(F)F. The molecule has 1 heterocycles. The van der Waals surface area contributed by atoms with Crippen LogP contribution in [0.1, 0.15) is 196 Å². The number of phenolic OH excluding ortho intramolecular Hbond substituents is 1. The highest BCUT2D eigenvalue weighted by molar-refractivity contribution is 7.90. The second-order valence-electron chi connectivity index (χ2n) is 25.1. The molecule has 2 aliphatic rings. The summed E-state index contributed by atoms with van der Waals surface area (Å²) in [4.78, 5) is 83.9. The zero-order valence-electron chi connectivity index (χ0n) is 46.3. The molecule has 0 radical (unpaired) electrons. The summed E-state index contributed by atoms with van der Waals surface area (Å²) in [6.45, 7) is 28.9. The number of phenols is 1. The van der Waals surface area contributed by atoms with Crippen LogP contribution in [0.15, 0.2) is 53.4 Å². The number of benzene rings is 3. The third kappa shape index (κ3) is 13.6. The molecule has 75 heavy (non-hydrogen) atoms. The number of alkyl halides is 3. The van der Waals surface area contributed by atoms with Crippen molar-refractivity contribution in [3.05, 3.63) is 87.5 Å². The Kier molecular flexibility index (Phi) is 17.4. The molecule has 18 heteroatoms. The normalized spacial score (nSPS) is 18.5. The van der Waals surface area contributed by atoms with E-state index in [2.05, 4.69) is 15.4 Å². The molecule has 0 aromatic heterocycles. The monoisotopic (exact) mass is 1070 g/mol. The van der Waals surface area contributed by atoms with Crippen LogP contribution in [0.25, 0.3) is 0 Å². The number of Topliss-reactive ketones (excluding diaryl/α,β-unsaturated/α-hetero) is 1. The second kappa shape index (κ2) is 21.7. The van der Waals surface area contributed by atoms with E-state index in [0.29, 0.717) is 35.1 Å². The number of hydrogen-bond acceptors (Lipinski definition) is 10. The number of halogens is 3. The molecule has 1 saturated carbocycles. The summed E-state index contributed by atoms with van der Waals surface area (Å²) < 4.78 is 76.8. The van der Waals surface area contributed by atoms with Crippen molar-refractivity contribution in [1.82, 2.24) is 20.3 Å². The van der Waals surface area contributed by atoms with Crippen molar-refractivity contribution in [2.24, 2.45) is 17.8 Å². The van der Waals surface area contributed by atoms with Crippen LogP contribution >= 0.6 is 0 Å². The van der Waals surface area contributed by atoms with E-state index in [0.717, 1.165) is 25.0 Å². The number of fused-ring (bicyclic) bond motifs is 1. The lowest BCUT2D eigenvalue weighted by atomic mass is 9.78. The predicted molar refractivity (Wildman–Crippen MR) is 280 cm³/mol. The number of ether oxygens (including phenoxy) is 1. The van der Waals surface area contributed by atoms with E-state index >= 15 is 0 Å². The number of hydrogen-bond donors (Lipinski definition) is 4. The minimum atomic E-state index is -5.20. The van der Waals surface area contributed by atoms with Gasteiger partial charge < -0.3 is 25.4 Å². The molecule has 412 valence electrons. The van der Waals surface area contributed by atoms with E-state index in [1.165, 1.54) is 43.0 Å². The van der Waals surface area contributed by atoms with Gasteiger partial charge in [-0.1, -0.05) is 124 Å². The number of amides is 4. The molecule has 0 bridgehead atoms. The van der Waals surface area contributed by atoms with Gasteiger partial charge in [0, 0.05) is 39.4 Å². The third-order valence-electron chi connectivity index (χ3n) is 14.2. The number of esters is 1. The maximum absolute atomic E-state index is 14.5. The maximum Gasteiger partial charge on any atom is 0.452 e. The number of carbonyl (C=O) groups excluding carboxylic acids is 6. The maximum atomic E-state index is 14.5. The second-order valence-corrected chi connectivity index (χ2v) is 26.7. The number of likely N-dealkylation sites (tertiary alicyclic amines) is 1. The number of rotatable bonds is 13. The van der Waals surface area contributed by atoms with Crippen molar-refractivity contribution in [2.75, 3.05) is 0 Å². The van der Waals surface area contributed by atoms with Crippen molar-refractivity contribution in [3.8, 4) is 11.5 Å². The average Bonchev–Trinajstić information content (AvgIpc) is 3.67. The molecule has 3 aromatic rings. The van der Waals surface area contributed by atoms with Crippen LogP contribution < -0.4 is 20.1 Å². The van der Waals surface area contributed by atoms with Crippen LogP contribution in [0.3, 0.4) is 0 Å². The first-order chi connectivity index (χ1) is 34.2. The van der Waals surface area contributed by atoms with Gasteiger partial charge >= 0.3 is 12.1 Å². The van der Waals surface area contributed by atoms with E-state index in [9.17, 15) is 55.5 Å². The molecule has 3 aromatic carbocycles. The first kappa shape index (κ1) is 60.1. The van der Waals surface area contributed by atoms with Gasteiger partial charge in [-0.25, -0.2) is 17.9 Å². The average molecular weight is 1070 g/mol. The molecule has 4 amide bonds. The van der Waals surface area contributed by atoms with Crippen molar-refractivity contribution in [2.45, 2.75) is 200 Å². The highest BCUT2D eigenvalue weighted by Gasteiger charge is 2.51. The fraction of sp³-hybridized carbons (Fsp3) is 0.579. The summed E-state index contributed by atoms with van der Waals surface area (Å²) in [6, 6.07) is 6.21. The molecule has 2 fully saturated rings. The Hall–Kier alpha value is -5.78. The highest BCUT2D eigenvalue weighted by atomic mass is 32.2. The summed E-state index contributed by atoms with van der Waals surface area (Å²) in [6.07, 6.45) is -2.22. The molecule has 14 nitrogen and oxygen atoms in total. The van der Waals surface area contributed by atoms with Crippen molar-refractivity contribution >= 4 is 45.4 Å². The molecule has 1 unspecified atom stereocenters. The molecule has 1 aliphatic carbocycles. The van der Waals surface area contributed by atoms with Gasteiger partial charge in [0.05, 0.1) is 16.5 Å². The standard InChI is InChI=1S/C57H77F3N4O10S/c1-30(2)43(47(66)57(58,59)60)61-50(69)42-29-33-19-17-18-20-41(33)64(42)51(70)44(31(3)4)62-48(67)32-21-23-36(24-22-32)75(72,73)63-49(68)34-25-39(55(11,12)13)46(40(26-34)56(14,15)16)74-52(71)35-27-37(53(5,6)7)45(65)38(28-35)54(8,9)10/h21-28,30-31,33,41-44,65H,17-20,29H2,1-16H3,(H,61,69)(H,62,67)(H,63,68)/t33-,41-,42-,43?,44-/m0/s1. The van der Waals surface area contributed by atoms with E-state index in [-0.39, 0.29) is 45.4 Å². The number of aromatic hydroxyl groups is 1. The minimum Gasteiger partial charge on any atom is -0.507 e. The first-order valence-corrected chi connectivity index (χ1v) is 27.2. The smallest absolute Gasteiger partial charge is 0.452 e. The molecule has 5 atom stereocenters. The van der Waals surface area contributed by atoms with Crippen molar-refractivity contribution in [1.29, 1.82) is 0 Å². The molecule has 1 aliphatic heterocycles. The molecule has 5 rings (SSSR count). The summed E-state index contributed by atoms with van der Waals surface area (Å²) in [5.41, 5.74) is -0.373. The van der Waals surface area contributed by atoms with Gasteiger partial charge in [-0.15, -0.1) is 0 Å². The van der Waals surface area contributed by atoms with Gasteiger partial charge in [0.2, 0.25) is 11.8 Å². The van der Waals surface area contributed by atoms with Gasteiger partial charge in [0.25, 0.3) is 27.6 Å². The van der Waals surface area contributed by atoms with Crippen LogP contribution in [-0.4, -0.2) is 84.1 Å². The summed E-state index contributed by atoms with van der Waals surface area (Å²) in [5, 5.41) is 16.3. The van der Waals surface area contributed by atoms with Gasteiger partial charge in [0.15, 0.2) is 0 Å². The first-order valence-electron chi connectivity index (χ1n) is 25.7. The fourth-order valence-electron chi connectivity index (χ4n) is 9.93. The number of sulfonamides is 1. The van der Waals surface area contributed by atoms with Crippen LogP contribution in [-0.2, 0) is 46.1 Å². The number of nitrogens with one attached hydrogen (secondary N) is 3. The van der Waals surface area contributed by atoms with Crippen molar-refractivity contribution < 1.29 is 60.2 Å². The van der Waals surface area contributed by atoms with Crippen molar-refractivity contribution in [3.63, 3.8) is 0 Å². The van der Waals surface area contributed by atoms with Gasteiger partial charge in [-0.05, 0) is 107 Å². The minimum absolute atomic E-state index is 0.0323. The van der Waals surface area contributed by atoms with Crippen LogP contribution in [0.4, 0.5) is 13.2 Å². The third-order valence-corrected chi connectivity index (χ3v) is 15.5. The van der Waals surface area contributed by atoms with Crippen LogP contribution in [0, 0.1) is 17.8 Å². The fourth-order valence-corrected chi connectivity index (χ4v) is 10.9. The highest BCUT2D eigenvalue weighted by Crippen LogP contribution is 2.44. The van der Waals surface area contributed by atoms with Crippen LogP contribution in [0.2, 0.25) is 0 Å². The topological polar surface area (TPSA) is 205 Å². The van der Waals surface area contributed by atoms with E-state index < -0.39 is 109 Å². The molecule has 4 N–H and O–H groups in total. The predicted octanol–water partition coefficient (Wildman–Crippen LogP) is 10.1. The Labute approximate surface area is 440 Å². The quantitative estimate of drug-likeness (QED) is 0.0942. The zero-order valence-corrected chi connectivity index (χ0v) is 47.1. The van der Waals surface area contributed by atoms with Gasteiger partial charge in [0.1, 0.15) is 23.6 Å². The number of ketones is 1. The number of carbonyl (C=O) groups is 6. The Bertz CT molecular complexity index is 2740. The largest absolute Gasteiger partial charge is 0.507 e. The Morgan fingerprint density at radius 3 is 1.56 bits per heavy atom. The number of nitrogens with zero attached hydrogens (tertiary/aromatic N) is 1. The molecular formula is C57H77F3N4O10S. The summed E-state index contributed by atoms with van der Waals surface area (Å²) in [5.74, 6) is -7.28. The molecule has 1 saturated heterocycles. The van der Waals surface area contributed by atoms with Gasteiger partial charge in [-0.2, -0.15) is 13.2 Å². The van der Waals surface area contributed by atoms with E-state index in [4.69, 9.17) is 4.74 Å². The van der Waals surface area contributed by atoms with E-state index in [1.807, 2.05) is 83.1 Å². The Morgan fingerprint density at radius 2 is 1.11 bits per heavy atom. The Morgan fingerprint density at radius 1 is 0.640 bits per heavy atom. The lowest BCUT2D eigenvalue weighted by Gasteiger charge is -2.37.